The molecule has 1 aliphatic carbocycles. The van der Waals surface area contributed by atoms with Crippen molar-refractivity contribution in [3.63, 3.8) is 0 Å². The summed E-state index contributed by atoms with van der Waals surface area (Å²) in [7, 11) is 0. The van der Waals surface area contributed by atoms with Gasteiger partial charge in [-0.2, -0.15) is 0 Å². The Hall–Kier alpha value is -2.01. The predicted octanol–water partition coefficient (Wildman–Crippen LogP) is 1.64. The number of fused-ring (bicyclic) bond motifs is 1. The highest BCUT2D eigenvalue weighted by Gasteiger charge is 2.48. The minimum atomic E-state index is -0.355. The molecule has 3 rings (SSSR count). The highest BCUT2D eigenvalue weighted by Crippen LogP contribution is 2.40. The number of nitrogens with one attached hydrogen (secondary N) is 2. The summed E-state index contributed by atoms with van der Waals surface area (Å²) in [5, 5.41) is 13.5. The van der Waals surface area contributed by atoms with Gasteiger partial charge in [0.2, 0.25) is 0 Å². The Kier molecular flexibility index (Phi) is 2.76. The van der Waals surface area contributed by atoms with Crippen LogP contribution in [0.5, 0.6) is 0 Å². The molecule has 1 saturated carbocycles. The van der Waals surface area contributed by atoms with E-state index in [0.29, 0.717) is 17.7 Å². The third kappa shape index (κ3) is 1.86. The van der Waals surface area contributed by atoms with E-state index in [1.807, 2.05) is 19.9 Å². The van der Waals surface area contributed by atoms with Gasteiger partial charge in [-0.15, -0.1) is 0 Å². The molecule has 0 bridgehead atoms. The van der Waals surface area contributed by atoms with Gasteiger partial charge in [0.05, 0.1) is 11.7 Å². The van der Waals surface area contributed by atoms with Crippen molar-refractivity contribution in [2.24, 2.45) is 5.41 Å². The van der Waals surface area contributed by atoms with Crippen molar-refractivity contribution in [3.8, 4) is 0 Å². The maximum atomic E-state index is 12.4. The van der Waals surface area contributed by atoms with Crippen molar-refractivity contribution in [1.82, 2.24) is 10.3 Å². The first-order valence-corrected chi connectivity index (χ1v) is 6.75. The van der Waals surface area contributed by atoms with E-state index < -0.39 is 0 Å². The summed E-state index contributed by atoms with van der Waals surface area (Å²) in [6, 6.07) is 5.45. The molecule has 5 nitrogen and oxygen atoms in total. The fourth-order valence-corrected chi connectivity index (χ4v) is 2.71. The number of nitrogens with two attached hydrogens (primary N) is 1. The van der Waals surface area contributed by atoms with E-state index >= 15 is 0 Å². The largest absolute Gasteiger partial charge is 0.399 e. The van der Waals surface area contributed by atoms with E-state index in [-0.39, 0.29) is 23.5 Å². The van der Waals surface area contributed by atoms with E-state index in [0.717, 1.165) is 10.9 Å². The van der Waals surface area contributed by atoms with Crippen LogP contribution in [0, 0.1) is 5.41 Å². The van der Waals surface area contributed by atoms with Gasteiger partial charge in [-0.3, -0.25) is 4.79 Å². The van der Waals surface area contributed by atoms with Gasteiger partial charge in [-0.05, 0) is 24.6 Å². The lowest BCUT2D eigenvalue weighted by molar-refractivity contribution is -0.0689. The average Bonchev–Trinajstić information content (AvgIpc) is 2.81. The zero-order valence-corrected chi connectivity index (χ0v) is 11.6. The molecule has 5 N–H and O–H groups in total. The van der Waals surface area contributed by atoms with Crippen LogP contribution in [0.25, 0.3) is 10.9 Å². The summed E-state index contributed by atoms with van der Waals surface area (Å²) in [5.74, 6) is -0.133. The van der Waals surface area contributed by atoms with Crippen molar-refractivity contribution in [1.29, 1.82) is 0 Å². The van der Waals surface area contributed by atoms with Crippen molar-refractivity contribution in [3.05, 3.63) is 30.0 Å². The molecule has 0 saturated heterocycles. The van der Waals surface area contributed by atoms with Crippen molar-refractivity contribution in [2.75, 3.05) is 5.73 Å². The summed E-state index contributed by atoms with van der Waals surface area (Å²) in [6.07, 6.45) is 1.94. The second-order valence-corrected chi connectivity index (χ2v) is 6.11. The summed E-state index contributed by atoms with van der Waals surface area (Å²) in [6.45, 7) is 3.92. The van der Waals surface area contributed by atoms with Gasteiger partial charge in [0.1, 0.15) is 0 Å². The number of carbonyl (C=O) groups is 1. The number of amides is 1. The van der Waals surface area contributed by atoms with Gasteiger partial charge in [-0.25, -0.2) is 0 Å². The first-order valence-electron chi connectivity index (χ1n) is 6.75. The van der Waals surface area contributed by atoms with E-state index in [2.05, 4.69) is 10.3 Å². The SMILES string of the molecule is CC1(C)C(O)CC1NC(=O)c1c[nH]c2ccc(N)cc12. The Balaban J connectivity index is 1.85. The van der Waals surface area contributed by atoms with Crippen molar-refractivity contribution >= 4 is 22.5 Å². The van der Waals surface area contributed by atoms with Crippen LogP contribution in [0.3, 0.4) is 0 Å². The Morgan fingerprint density at radius 2 is 2.25 bits per heavy atom. The Morgan fingerprint density at radius 1 is 1.50 bits per heavy atom. The molecule has 1 aromatic heterocycles. The molecule has 2 aromatic rings. The average molecular weight is 273 g/mol. The third-order valence-corrected chi connectivity index (χ3v) is 4.47. The lowest BCUT2D eigenvalue weighted by Crippen LogP contribution is -2.61. The standard InChI is InChI=1S/C15H19N3O2/c1-15(2)12(6-13(15)19)18-14(20)10-7-17-11-4-3-8(16)5-9(10)11/h3-5,7,12-13,17,19H,6,16H2,1-2H3,(H,18,20). The van der Waals surface area contributed by atoms with E-state index in [9.17, 15) is 9.90 Å². The van der Waals surface area contributed by atoms with Gasteiger partial charge in [-0.1, -0.05) is 13.8 Å². The van der Waals surface area contributed by atoms with Crippen molar-refractivity contribution < 1.29 is 9.90 Å². The number of aliphatic hydroxyl groups is 1. The molecule has 106 valence electrons. The molecule has 1 aromatic carbocycles. The lowest BCUT2D eigenvalue weighted by atomic mass is 9.64. The first kappa shape index (κ1) is 13.0. The van der Waals surface area contributed by atoms with Gasteiger partial charge in [0.15, 0.2) is 0 Å². The Labute approximate surface area is 117 Å². The van der Waals surface area contributed by atoms with Gasteiger partial charge in [0.25, 0.3) is 5.91 Å². The fourth-order valence-electron chi connectivity index (χ4n) is 2.71. The van der Waals surface area contributed by atoms with Gasteiger partial charge in [0, 0.05) is 34.2 Å². The normalized spacial score (nSPS) is 24.4. The number of rotatable bonds is 2. The van der Waals surface area contributed by atoms with Crippen LogP contribution in [-0.4, -0.2) is 28.1 Å². The zero-order valence-electron chi connectivity index (χ0n) is 11.6. The monoisotopic (exact) mass is 273 g/mol. The van der Waals surface area contributed by atoms with E-state index in [4.69, 9.17) is 5.73 Å². The third-order valence-electron chi connectivity index (χ3n) is 4.47. The lowest BCUT2D eigenvalue weighted by Gasteiger charge is -2.49. The number of anilines is 1. The highest BCUT2D eigenvalue weighted by atomic mass is 16.3. The van der Waals surface area contributed by atoms with Crippen LogP contribution in [0.1, 0.15) is 30.6 Å². The molecule has 2 unspecified atom stereocenters. The second-order valence-electron chi connectivity index (χ2n) is 6.11. The molecule has 1 fully saturated rings. The molecular formula is C15H19N3O2. The molecule has 1 aliphatic rings. The zero-order chi connectivity index (χ0) is 14.5. The number of nitrogen functional groups attached to an aromatic ring is 1. The van der Waals surface area contributed by atoms with E-state index in [1.165, 1.54) is 0 Å². The maximum absolute atomic E-state index is 12.4. The molecule has 20 heavy (non-hydrogen) atoms. The summed E-state index contributed by atoms with van der Waals surface area (Å²) in [5.41, 5.74) is 7.60. The Morgan fingerprint density at radius 3 is 2.90 bits per heavy atom. The first-order chi connectivity index (χ1) is 9.39. The smallest absolute Gasteiger partial charge is 0.253 e. The van der Waals surface area contributed by atoms with Crippen LogP contribution in [0.2, 0.25) is 0 Å². The highest BCUT2D eigenvalue weighted by molar-refractivity contribution is 6.07. The topological polar surface area (TPSA) is 91.1 Å². The second kappa shape index (κ2) is 4.24. The number of H-pyrrole nitrogens is 1. The molecule has 2 atom stereocenters. The maximum Gasteiger partial charge on any atom is 0.253 e. The summed E-state index contributed by atoms with van der Waals surface area (Å²) >= 11 is 0. The number of hydrogen-bond acceptors (Lipinski definition) is 3. The molecule has 1 heterocycles. The van der Waals surface area contributed by atoms with Gasteiger partial charge < -0.3 is 21.1 Å². The van der Waals surface area contributed by atoms with Crippen LogP contribution in [0.4, 0.5) is 5.69 Å². The Bertz CT molecular complexity index is 675. The number of benzene rings is 1. The molecule has 0 radical (unpaired) electrons. The number of carbonyl (C=O) groups excluding carboxylic acids is 1. The van der Waals surface area contributed by atoms with Gasteiger partial charge >= 0.3 is 0 Å². The van der Waals surface area contributed by atoms with Crippen LogP contribution in [0.15, 0.2) is 24.4 Å². The van der Waals surface area contributed by atoms with Crippen molar-refractivity contribution in [2.45, 2.75) is 32.4 Å². The summed E-state index contributed by atoms with van der Waals surface area (Å²) < 4.78 is 0. The molecule has 5 heteroatoms. The molecule has 0 spiro atoms. The minimum Gasteiger partial charge on any atom is -0.399 e. The number of aromatic nitrogens is 1. The number of aromatic amines is 1. The van der Waals surface area contributed by atoms with Crippen LogP contribution >= 0.6 is 0 Å². The number of hydrogen-bond donors (Lipinski definition) is 4. The summed E-state index contributed by atoms with van der Waals surface area (Å²) in [4.78, 5) is 15.4. The predicted molar refractivity (Wildman–Crippen MR) is 78.4 cm³/mol. The van der Waals surface area contributed by atoms with Crippen LogP contribution < -0.4 is 11.1 Å². The minimum absolute atomic E-state index is 0.00370. The fraction of sp³-hybridized carbons (Fsp3) is 0.400. The van der Waals surface area contributed by atoms with E-state index in [1.54, 1.807) is 18.3 Å². The molecule has 0 aliphatic heterocycles. The molecule has 1 amide bonds. The van der Waals surface area contributed by atoms with Crippen LogP contribution in [-0.2, 0) is 0 Å². The quantitative estimate of drug-likeness (QED) is 0.627. The number of aliphatic hydroxyl groups excluding tert-OH is 1. The molecular weight excluding hydrogens is 254 g/mol.